The first-order valence-electron chi connectivity index (χ1n) is 6.53. The minimum Gasteiger partial charge on any atom is -0.390 e. The average molecular weight is 262 g/mol. The predicted molar refractivity (Wildman–Crippen MR) is 70.7 cm³/mol. The number of rotatable bonds is 5. The van der Waals surface area contributed by atoms with E-state index in [1.165, 1.54) is 0 Å². The molecule has 0 radical (unpaired) electrons. The minimum absolute atomic E-state index is 0.178. The molecule has 102 valence electrons. The van der Waals surface area contributed by atoms with Crippen LogP contribution in [0.4, 0.5) is 0 Å². The zero-order chi connectivity index (χ0) is 13.3. The summed E-state index contributed by atoms with van der Waals surface area (Å²) in [6.45, 7) is 8.09. The summed E-state index contributed by atoms with van der Waals surface area (Å²) in [4.78, 5) is 0. The summed E-state index contributed by atoms with van der Waals surface area (Å²) < 4.78 is 22.8. The van der Waals surface area contributed by atoms with Crippen LogP contribution in [0.15, 0.2) is 0 Å². The summed E-state index contributed by atoms with van der Waals surface area (Å²) in [5.41, 5.74) is -0.482. The van der Waals surface area contributed by atoms with E-state index in [9.17, 15) is 13.5 Å². The van der Waals surface area contributed by atoms with Gasteiger partial charge in [-0.2, -0.15) is 0 Å². The Kier molecular flexibility index (Phi) is 4.30. The van der Waals surface area contributed by atoms with Crippen molar-refractivity contribution in [2.24, 2.45) is 11.3 Å². The summed E-state index contributed by atoms with van der Waals surface area (Å²) in [7, 11) is -2.90. The highest BCUT2D eigenvalue weighted by molar-refractivity contribution is 7.91. The van der Waals surface area contributed by atoms with Gasteiger partial charge in [0, 0.05) is 5.75 Å². The van der Waals surface area contributed by atoms with Crippen molar-refractivity contribution < 1.29 is 13.5 Å². The third-order valence-electron chi connectivity index (χ3n) is 4.07. The Labute approximate surface area is 106 Å². The Morgan fingerprint density at radius 3 is 2.35 bits per heavy atom. The maximum Gasteiger partial charge on any atom is 0.150 e. The number of hydrogen-bond donors (Lipinski definition) is 1. The van der Waals surface area contributed by atoms with Crippen molar-refractivity contribution in [3.05, 3.63) is 0 Å². The number of sulfone groups is 1. The van der Waals surface area contributed by atoms with Crippen LogP contribution in [0.1, 0.15) is 53.4 Å². The molecule has 2 unspecified atom stereocenters. The summed E-state index contributed by atoms with van der Waals surface area (Å²) in [5, 5.41) is 10.6. The van der Waals surface area contributed by atoms with Crippen LogP contribution >= 0.6 is 0 Å². The summed E-state index contributed by atoms with van der Waals surface area (Å²) in [5.74, 6) is 0.674. The van der Waals surface area contributed by atoms with Crippen LogP contribution in [0, 0.1) is 11.3 Å². The lowest BCUT2D eigenvalue weighted by Gasteiger charge is -2.28. The van der Waals surface area contributed by atoms with Crippen molar-refractivity contribution in [3.8, 4) is 0 Å². The SMILES string of the molecule is CCS(=O)(=O)CCCC1(O)CC(C)(C)CC1C. The molecular formula is C13H26O3S. The summed E-state index contributed by atoms with van der Waals surface area (Å²) in [6, 6.07) is 0. The summed E-state index contributed by atoms with van der Waals surface area (Å²) >= 11 is 0. The lowest BCUT2D eigenvalue weighted by molar-refractivity contribution is -0.00441. The van der Waals surface area contributed by atoms with Crippen molar-refractivity contribution in [1.82, 2.24) is 0 Å². The maximum atomic E-state index is 11.4. The zero-order valence-corrected chi connectivity index (χ0v) is 12.3. The molecule has 1 rings (SSSR count). The molecule has 3 nitrogen and oxygen atoms in total. The van der Waals surface area contributed by atoms with E-state index in [2.05, 4.69) is 20.8 Å². The standard InChI is InChI=1S/C13H26O3S/c1-5-17(15,16)8-6-7-13(14)10-12(3,4)9-11(13)2/h11,14H,5-10H2,1-4H3. The van der Waals surface area contributed by atoms with Gasteiger partial charge in [0.25, 0.3) is 0 Å². The second-order valence-corrected chi connectivity index (χ2v) is 8.86. The molecule has 1 aliphatic rings. The third kappa shape index (κ3) is 3.95. The monoisotopic (exact) mass is 262 g/mol. The van der Waals surface area contributed by atoms with Crippen molar-refractivity contribution >= 4 is 9.84 Å². The van der Waals surface area contributed by atoms with Gasteiger partial charge in [-0.3, -0.25) is 0 Å². The van der Waals surface area contributed by atoms with Gasteiger partial charge in [0.1, 0.15) is 9.84 Å². The van der Waals surface area contributed by atoms with Gasteiger partial charge in [-0.1, -0.05) is 27.7 Å². The third-order valence-corrected chi connectivity index (χ3v) is 5.86. The first kappa shape index (κ1) is 15.0. The van der Waals surface area contributed by atoms with Crippen LogP contribution < -0.4 is 0 Å². The van der Waals surface area contributed by atoms with Crippen LogP contribution in [-0.4, -0.2) is 30.6 Å². The lowest BCUT2D eigenvalue weighted by Crippen LogP contribution is -2.32. The Morgan fingerprint density at radius 1 is 1.35 bits per heavy atom. The van der Waals surface area contributed by atoms with Crippen LogP contribution in [-0.2, 0) is 9.84 Å². The van der Waals surface area contributed by atoms with Crippen LogP contribution in [0.25, 0.3) is 0 Å². The molecule has 0 bridgehead atoms. The fourth-order valence-corrected chi connectivity index (χ4v) is 4.04. The highest BCUT2D eigenvalue weighted by atomic mass is 32.2. The molecule has 0 aromatic heterocycles. The first-order valence-corrected chi connectivity index (χ1v) is 8.35. The Balaban J connectivity index is 2.52. The van der Waals surface area contributed by atoms with Gasteiger partial charge in [-0.15, -0.1) is 0 Å². The molecule has 0 aromatic carbocycles. The van der Waals surface area contributed by atoms with Gasteiger partial charge < -0.3 is 5.11 Å². The molecule has 2 atom stereocenters. The Hall–Kier alpha value is -0.0900. The smallest absolute Gasteiger partial charge is 0.150 e. The van der Waals surface area contributed by atoms with E-state index in [4.69, 9.17) is 0 Å². The van der Waals surface area contributed by atoms with Gasteiger partial charge >= 0.3 is 0 Å². The van der Waals surface area contributed by atoms with Gasteiger partial charge in [0.2, 0.25) is 0 Å². The van der Waals surface area contributed by atoms with Gasteiger partial charge in [0.15, 0.2) is 0 Å². The molecule has 1 aliphatic carbocycles. The minimum atomic E-state index is -2.90. The van der Waals surface area contributed by atoms with Crippen molar-refractivity contribution in [1.29, 1.82) is 0 Å². The fraction of sp³-hybridized carbons (Fsp3) is 1.00. The second kappa shape index (κ2) is 4.88. The van der Waals surface area contributed by atoms with Crippen LogP contribution in [0.2, 0.25) is 0 Å². The molecule has 1 N–H and O–H groups in total. The molecule has 0 spiro atoms. The topological polar surface area (TPSA) is 54.4 Å². The molecule has 0 aliphatic heterocycles. The van der Waals surface area contributed by atoms with E-state index in [1.807, 2.05) is 0 Å². The van der Waals surface area contributed by atoms with Crippen molar-refractivity contribution in [3.63, 3.8) is 0 Å². The molecule has 4 heteroatoms. The lowest BCUT2D eigenvalue weighted by atomic mass is 9.86. The highest BCUT2D eigenvalue weighted by Gasteiger charge is 2.46. The molecule has 17 heavy (non-hydrogen) atoms. The fourth-order valence-electron chi connectivity index (χ4n) is 3.17. The first-order chi connectivity index (χ1) is 7.60. The zero-order valence-electron chi connectivity index (χ0n) is 11.5. The van der Waals surface area contributed by atoms with Crippen molar-refractivity contribution in [2.75, 3.05) is 11.5 Å². The van der Waals surface area contributed by atoms with E-state index < -0.39 is 15.4 Å². The number of hydrogen-bond acceptors (Lipinski definition) is 3. The summed E-state index contributed by atoms with van der Waals surface area (Å²) in [6.07, 6.45) is 2.99. The highest BCUT2D eigenvalue weighted by Crippen LogP contribution is 2.49. The van der Waals surface area contributed by atoms with Crippen LogP contribution in [0.3, 0.4) is 0 Å². The largest absolute Gasteiger partial charge is 0.390 e. The molecule has 0 saturated heterocycles. The van der Waals surface area contributed by atoms with E-state index in [0.29, 0.717) is 12.8 Å². The maximum absolute atomic E-state index is 11.4. The van der Waals surface area contributed by atoms with Gasteiger partial charge in [-0.05, 0) is 37.0 Å². The molecule has 0 amide bonds. The van der Waals surface area contributed by atoms with E-state index >= 15 is 0 Å². The molecule has 1 fully saturated rings. The van der Waals surface area contributed by atoms with E-state index in [0.717, 1.165) is 12.8 Å². The average Bonchev–Trinajstić information content (AvgIpc) is 2.35. The van der Waals surface area contributed by atoms with E-state index in [-0.39, 0.29) is 22.8 Å². The second-order valence-electron chi connectivity index (χ2n) is 6.39. The quantitative estimate of drug-likeness (QED) is 0.827. The van der Waals surface area contributed by atoms with Gasteiger partial charge in [0.05, 0.1) is 11.4 Å². The molecule has 0 heterocycles. The molecule has 1 saturated carbocycles. The molecular weight excluding hydrogens is 236 g/mol. The predicted octanol–water partition coefficient (Wildman–Crippen LogP) is 2.39. The number of aliphatic hydroxyl groups is 1. The van der Waals surface area contributed by atoms with Gasteiger partial charge in [-0.25, -0.2) is 8.42 Å². The van der Waals surface area contributed by atoms with E-state index in [1.54, 1.807) is 6.92 Å². The Morgan fingerprint density at radius 2 is 1.94 bits per heavy atom. The normalized spacial score (nSPS) is 32.9. The molecule has 0 aromatic rings. The van der Waals surface area contributed by atoms with Crippen LogP contribution in [0.5, 0.6) is 0 Å². The Bertz CT molecular complexity index is 359. The van der Waals surface area contributed by atoms with Crippen molar-refractivity contribution in [2.45, 2.75) is 59.0 Å².